The number of alkyl halides is 6. The number of hydrogen-bond acceptors (Lipinski definition) is 4. The molecule has 1 aliphatic heterocycles. The molecule has 2 amide bonds. The van der Waals surface area contributed by atoms with Crippen molar-refractivity contribution >= 4 is 23.3 Å². The minimum atomic E-state index is -5.06. The topological polar surface area (TPSA) is 58.6 Å². The number of aryl methyl sites for hydroxylation is 1. The Bertz CT molecular complexity index is 1090. The Morgan fingerprint density at radius 3 is 2.08 bits per heavy atom. The number of amides is 2. The molecule has 1 N–H and O–H groups in total. The van der Waals surface area contributed by atoms with Crippen molar-refractivity contribution in [2.45, 2.75) is 64.0 Å². The van der Waals surface area contributed by atoms with Crippen LogP contribution in [0.15, 0.2) is 29.6 Å². The van der Waals surface area contributed by atoms with Crippen molar-refractivity contribution in [3.05, 3.63) is 56.8 Å². The van der Waals surface area contributed by atoms with Gasteiger partial charge in [0.1, 0.15) is 5.60 Å². The van der Waals surface area contributed by atoms with E-state index in [4.69, 9.17) is 4.74 Å². The molecule has 1 fully saturated rings. The lowest BCUT2D eigenvalue weighted by Crippen LogP contribution is -2.52. The first-order valence-corrected chi connectivity index (χ1v) is 12.0. The highest BCUT2D eigenvalue weighted by atomic mass is 32.1. The van der Waals surface area contributed by atoms with Gasteiger partial charge >= 0.3 is 18.4 Å². The standard InChI is InChI=1S/C24H26F6N2O3S/c1-13-6-8-36-19(13)17-12-32(21(34)35-22(2,3)4)7-5-18(17)31-20(33)14-9-15(23(25,26)27)11-16(10-14)24(28,29)30/h6,8-11,17-18H,5,7,12H2,1-4H3,(H,31,33). The Labute approximate surface area is 208 Å². The Balaban J connectivity index is 1.90. The van der Waals surface area contributed by atoms with Crippen LogP contribution in [0.1, 0.15) is 65.0 Å². The molecule has 1 aromatic heterocycles. The van der Waals surface area contributed by atoms with E-state index in [1.54, 1.807) is 20.8 Å². The molecule has 1 saturated heterocycles. The van der Waals surface area contributed by atoms with Crippen molar-refractivity contribution in [1.29, 1.82) is 0 Å². The van der Waals surface area contributed by atoms with Crippen LogP contribution in [0.2, 0.25) is 0 Å². The molecule has 2 unspecified atom stereocenters. The average Bonchev–Trinajstić information content (AvgIpc) is 3.16. The van der Waals surface area contributed by atoms with Gasteiger partial charge in [-0.15, -0.1) is 11.3 Å². The van der Waals surface area contributed by atoms with Gasteiger partial charge in [0.25, 0.3) is 5.91 Å². The van der Waals surface area contributed by atoms with Crippen LogP contribution in [0.4, 0.5) is 31.1 Å². The van der Waals surface area contributed by atoms with Crippen molar-refractivity contribution in [2.24, 2.45) is 0 Å². The first kappa shape index (κ1) is 27.8. The second kappa shape index (κ2) is 9.95. The SMILES string of the molecule is Cc1ccsc1C1CN(C(=O)OC(C)(C)C)CCC1NC(=O)c1cc(C(F)(F)F)cc(C(F)(F)F)c1. The summed E-state index contributed by atoms with van der Waals surface area (Å²) >= 11 is 1.39. The number of thiophene rings is 1. The number of halogens is 6. The van der Waals surface area contributed by atoms with E-state index < -0.39 is 58.6 Å². The van der Waals surface area contributed by atoms with E-state index in [0.29, 0.717) is 12.1 Å². The van der Waals surface area contributed by atoms with E-state index in [2.05, 4.69) is 5.32 Å². The van der Waals surface area contributed by atoms with Gasteiger partial charge in [-0.2, -0.15) is 26.3 Å². The van der Waals surface area contributed by atoms with E-state index in [1.807, 2.05) is 18.4 Å². The van der Waals surface area contributed by atoms with E-state index in [0.717, 1.165) is 10.4 Å². The first-order valence-electron chi connectivity index (χ1n) is 11.1. The second-order valence-electron chi connectivity index (χ2n) is 9.66. The minimum absolute atomic E-state index is 0.0199. The molecular weight excluding hydrogens is 510 g/mol. The van der Waals surface area contributed by atoms with Crippen LogP contribution >= 0.6 is 11.3 Å². The van der Waals surface area contributed by atoms with Crippen LogP contribution < -0.4 is 5.32 Å². The fourth-order valence-electron chi connectivity index (χ4n) is 3.98. The largest absolute Gasteiger partial charge is 0.444 e. The number of carbonyl (C=O) groups is 2. The number of likely N-dealkylation sites (tertiary alicyclic amines) is 1. The predicted molar refractivity (Wildman–Crippen MR) is 122 cm³/mol. The maximum atomic E-state index is 13.2. The Morgan fingerprint density at radius 1 is 1.03 bits per heavy atom. The molecule has 2 aromatic rings. The van der Waals surface area contributed by atoms with Crippen molar-refractivity contribution in [3.8, 4) is 0 Å². The van der Waals surface area contributed by atoms with Crippen LogP contribution in [-0.2, 0) is 17.1 Å². The lowest BCUT2D eigenvalue weighted by molar-refractivity contribution is -0.143. The molecular formula is C24H26F6N2O3S. The molecule has 5 nitrogen and oxygen atoms in total. The fraction of sp³-hybridized carbons (Fsp3) is 0.500. The van der Waals surface area contributed by atoms with Gasteiger partial charge in [0, 0.05) is 35.5 Å². The zero-order valence-electron chi connectivity index (χ0n) is 20.0. The Hall–Kier alpha value is -2.76. The highest BCUT2D eigenvalue weighted by Crippen LogP contribution is 2.37. The normalized spacial score (nSPS) is 19.2. The van der Waals surface area contributed by atoms with Gasteiger partial charge in [0.05, 0.1) is 11.1 Å². The molecule has 2 atom stereocenters. The number of hydrogen-bond donors (Lipinski definition) is 1. The number of nitrogens with zero attached hydrogens (tertiary/aromatic N) is 1. The number of rotatable bonds is 3. The third-order valence-corrected chi connectivity index (χ3v) is 6.82. The van der Waals surface area contributed by atoms with Gasteiger partial charge in [-0.25, -0.2) is 4.79 Å². The summed E-state index contributed by atoms with van der Waals surface area (Å²) in [6, 6.07) is 2.02. The third kappa shape index (κ3) is 6.71. The summed E-state index contributed by atoms with van der Waals surface area (Å²) in [5.74, 6) is -1.48. The van der Waals surface area contributed by atoms with Gasteiger partial charge in [-0.3, -0.25) is 4.79 Å². The van der Waals surface area contributed by atoms with E-state index >= 15 is 0 Å². The van der Waals surface area contributed by atoms with Crippen molar-refractivity contribution in [3.63, 3.8) is 0 Å². The summed E-state index contributed by atoms with van der Waals surface area (Å²) < 4.78 is 84.9. The molecule has 198 valence electrons. The second-order valence-corrected chi connectivity index (χ2v) is 10.6. The summed E-state index contributed by atoms with van der Waals surface area (Å²) in [6.45, 7) is 7.38. The van der Waals surface area contributed by atoms with Gasteiger partial charge in [-0.1, -0.05) is 0 Å². The van der Waals surface area contributed by atoms with Gasteiger partial charge in [-0.05, 0) is 69.3 Å². The average molecular weight is 537 g/mol. The summed E-state index contributed by atoms with van der Waals surface area (Å²) in [4.78, 5) is 27.9. The maximum Gasteiger partial charge on any atom is 0.416 e. The van der Waals surface area contributed by atoms with Crippen molar-refractivity contribution < 1.29 is 40.7 Å². The molecule has 0 spiro atoms. The van der Waals surface area contributed by atoms with E-state index in [-0.39, 0.29) is 25.6 Å². The summed E-state index contributed by atoms with van der Waals surface area (Å²) in [7, 11) is 0. The minimum Gasteiger partial charge on any atom is -0.444 e. The monoisotopic (exact) mass is 536 g/mol. The molecule has 0 bridgehead atoms. The van der Waals surface area contributed by atoms with Gasteiger partial charge in [0.2, 0.25) is 0 Å². The lowest BCUT2D eigenvalue weighted by Gasteiger charge is -2.39. The lowest BCUT2D eigenvalue weighted by atomic mass is 9.89. The van der Waals surface area contributed by atoms with Crippen molar-refractivity contribution in [2.75, 3.05) is 13.1 Å². The number of carbonyl (C=O) groups excluding carboxylic acids is 2. The summed E-state index contributed by atoms with van der Waals surface area (Å²) in [5.41, 5.74) is -3.70. The van der Waals surface area contributed by atoms with Crippen LogP contribution in [0.5, 0.6) is 0 Å². The molecule has 0 radical (unpaired) electrons. The summed E-state index contributed by atoms with van der Waals surface area (Å²) in [6.07, 6.45) is -10.4. The number of nitrogens with one attached hydrogen (secondary N) is 1. The zero-order valence-corrected chi connectivity index (χ0v) is 20.8. The molecule has 3 rings (SSSR count). The first-order chi connectivity index (χ1) is 16.5. The molecule has 0 aliphatic carbocycles. The highest BCUT2D eigenvalue weighted by Gasteiger charge is 2.39. The van der Waals surface area contributed by atoms with Gasteiger partial charge in [0.15, 0.2) is 0 Å². The van der Waals surface area contributed by atoms with Crippen LogP contribution in [0.3, 0.4) is 0 Å². The number of piperidine rings is 1. The van der Waals surface area contributed by atoms with Gasteiger partial charge < -0.3 is 15.0 Å². The number of benzene rings is 1. The van der Waals surface area contributed by atoms with Crippen molar-refractivity contribution in [1.82, 2.24) is 10.2 Å². The quantitative estimate of drug-likeness (QED) is 0.449. The molecule has 0 saturated carbocycles. The van der Waals surface area contributed by atoms with Crippen LogP contribution in [0, 0.1) is 6.92 Å². The van der Waals surface area contributed by atoms with E-state index in [1.165, 1.54) is 16.2 Å². The Morgan fingerprint density at radius 2 is 1.61 bits per heavy atom. The molecule has 1 aromatic carbocycles. The third-order valence-electron chi connectivity index (χ3n) is 5.67. The fourth-order valence-corrected chi connectivity index (χ4v) is 5.07. The van der Waals surface area contributed by atoms with E-state index in [9.17, 15) is 35.9 Å². The molecule has 36 heavy (non-hydrogen) atoms. The summed E-state index contributed by atoms with van der Waals surface area (Å²) in [5, 5.41) is 4.45. The molecule has 12 heteroatoms. The highest BCUT2D eigenvalue weighted by molar-refractivity contribution is 7.10. The number of ether oxygens (including phenoxy) is 1. The maximum absolute atomic E-state index is 13.2. The van der Waals surface area contributed by atoms with Crippen LogP contribution in [0.25, 0.3) is 0 Å². The zero-order chi connectivity index (χ0) is 27.1. The molecule has 2 heterocycles. The molecule has 1 aliphatic rings. The smallest absolute Gasteiger partial charge is 0.416 e. The predicted octanol–water partition coefficient (Wildman–Crippen LogP) is 6.62. The Kier molecular flexibility index (Phi) is 7.69. The van der Waals surface area contributed by atoms with Crippen LogP contribution in [-0.4, -0.2) is 41.6 Å².